The van der Waals surface area contributed by atoms with Gasteiger partial charge in [0.15, 0.2) is 7.14 Å². The zero-order valence-corrected chi connectivity index (χ0v) is 17.1. The highest BCUT2D eigenvalue weighted by Crippen LogP contribution is 2.19. The van der Waals surface area contributed by atoms with Crippen molar-refractivity contribution in [2.45, 2.75) is 26.2 Å². The van der Waals surface area contributed by atoms with Crippen LogP contribution in [0.4, 0.5) is 0 Å². The van der Waals surface area contributed by atoms with Crippen molar-refractivity contribution in [3.8, 4) is 5.75 Å². The van der Waals surface area contributed by atoms with Crippen LogP contribution in [-0.2, 0) is 0 Å². The zero-order valence-electron chi connectivity index (χ0n) is 15.0. The maximum absolute atomic E-state index is 12.3. The average molecular weight is 457 g/mol. The van der Waals surface area contributed by atoms with Gasteiger partial charge in [-0.1, -0.05) is 44.2 Å². The van der Waals surface area contributed by atoms with Gasteiger partial charge in [0.05, 0.1) is 5.56 Å². The SMILES string of the molecule is CCC(C)c1ccc(C(=O)Oc2ccc([I+]c3ccccc3)cc2)cc1. The van der Waals surface area contributed by atoms with E-state index in [9.17, 15) is 4.79 Å². The number of rotatable bonds is 6. The molecule has 0 heterocycles. The summed E-state index contributed by atoms with van der Waals surface area (Å²) in [5, 5.41) is 0. The van der Waals surface area contributed by atoms with Gasteiger partial charge in [0, 0.05) is 0 Å². The van der Waals surface area contributed by atoms with E-state index < -0.39 is 0 Å². The quantitative estimate of drug-likeness (QED) is 0.323. The molecule has 0 saturated heterocycles. The van der Waals surface area contributed by atoms with Gasteiger partial charge in [-0.25, -0.2) is 4.79 Å². The van der Waals surface area contributed by atoms with Crippen molar-refractivity contribution in [3.05, 3.63) is 97.1 Å². The fourth-order valence-electron chi connectivity index (χ4n) is 2.52. The summed E-state index contributed by atoms with van der Waals surface area (Å²) < 4.78 is 8.18. The van der Waals surface area contributed by atoms with E-state index >= 15 is 0 Å². The van der Waals surface area contributed by atoms with Gasteiger partial charge in [0.2, 0.25) is 0 Å². The maximum atomic E-state index is 12.3. The summed E-state index contributed by atoms with van der Waals surface area (Å²) in [4.78, 5) is 12.3. The van der Waals surface area contributed by atoms with Gasteiger partial charge in [-0.2, -0.15) is 0 Å². The molecule has 0 saturated carbocycles. The fourth-order valence-corrected chi connectivity index (χ4v) is 4.73. The minimum absolute atomic E-state index is 0.202. The first-order chi connectivity index (χ1) is 12.7. The molecule has 1 unspecified atom stereocenters. The monoisotopic (exact) mass is 457 g/mol. The van der Waals surface area contributed by atoms with Crippen LogP contribution in [-0.4, -0.2) is 5.97 Å². The van der Waals surface area contributed by atoms with Crippen LogP contribution in [0.2, 0.25) is 0 Å². The Hall–Kier alpha value is -2.14. The summed E-state index contributed by atoms with van der Waals surface area (Å²) in [6.45, 7) is 4.35. The summed E-state index contributed by atoms with van der Waals surface area (Å²) in [5.74, 6) is 0.772. The van der Waals surface area contributed by atoms with Crippen molar-refractivity contribution in [3.63, 3.8) is 0 Å². The van der Waals surface area contributed by atoms with E-state index in [0.29, 0.717) is 17.2 Å². The third-order valence-corrected chi connectivity index (χ3v) is 6.99. The van der Waals surface area contributed by atoms with E-state index in [4.69, 9.17) is 4.74 Å². The molecule has 2 nitrogen and oxygen atoms in total. The first-order valence-corrected chi connectivity index (χ1v) is 10.9. The molecule has 0 bridgehead atoms. The van der Waals surface area contributed by atoms with E-state index in [1.807, 2.05) is 42.5 Å². The Labute approximate surface area is 165 Å². The van der Waals surface area contributed by atoms with Gasteiger partial charge < -0.3 is 4.74 Å². The number of hydrogen-bond acceptors (Lipinski definition) is 2. The van der Waals surface area contributed by atoms with E-state index in [0.717, 1.165) is 6.42 Å². The molecule has 0 aliphatic rings. The van der Waals surface area contributed by atoms with Crippen molar-refractivity contribution in [1.29, 1.82) is 0 Å². The second-order valence-corrected chi connectivity index (χ2v) is 9.20. The lowest BCUT2D eigenvalue weighted by Gasteiger charge is -2.09. The number of carbonyl (C=O) groups excluding carboxylic acids is 1. The minimum atomic E-state index is -0.314. The number of esters is 1. The summed E-state index contributed by atoms with van der Waals surface area (Å²) in [5.41, 5.74) is 1.83. The second-order valence-electron chi connectivity index (χ2n) is 6.16. The fraction of sp³-hybridized carbons (Fsp3) is 0.174. The summed E-state index contributed by atoms with van der Waals surface area (Å²) in [6, 6.07) is 26.1. The van der Waals surface area contributed by atoms with Crippen LogP contribution in [0.25, 0.3) is 0 Å². The molecule has 3 rings (SSSR count). The Bertz CT molecular complexity index is 840. The summed E-state index contributed by atoms with van der Waals surface area (Å²) >= 11 is -0.202. The van der Waals surface area contributed by atoms with Crippen molar-refractivity contribution >= 4 is 5.97 Å². The molecule has 0 fully saturated rings. The lowest BCUT2D eigenvalue weighted by atomic mass is 9.98. The molecule has 0 radical (unpaired) electrons. The lowest BCUT2D eigenvalue weighted by molar-refractivity contribution is -0.597. The summed E-state index contributed by atoms with van der Waals surface area (Å²) in [7, 11) is 0. The van der Waals surface area contributed by atoms with Gasteiger partial charge >= 0.3 is 27.2 Å². The predicted molar refractivity (Wildman–Crippen MR) is 100 cm³/mol. The Morgan fingerprint density at radius 3 is 2.12 bits per heavy atom. The molecule has 0 spiro atoms. The smallest absolute Gasteiger partial charge is 0.357 e. The molecule has 0 aliphatic heterocycles. The van der Waals surface area contributed by atoms with E-state index in [2.05, 4.69) is 50.2 Å². The maximum Gasteiger partial charge on any atom is 0.357 e. The second kappa shape index (κ2) is 8.99. The third kappa shape index (κ3) is 4.94. The number of benzene rings is 3. The molecule has 0 N–H and O–H groups in total. The molecule has 0 amide bonds. The molecule has 132 valence electrons. The number of carbonyl (C=O) groups is 1. The number of hydrogen-bond donors (Lipinski definition) is 0. The standard InChI is InChI=1S/C23H22IO2/c1-3-17(2)18-9-11-19(12-10-18)23(25)26-22-15-13-21(14-16-22)24-20-7-5-4-6-8-20/h4-17H,3H2,1-2H3/q+1. The van der Waals surface area contributed by atoms with Crippen LogP contribution >= 0.6 is 0 Å². The Morgan fingerprint density at radius 2 is 1.50 bits per heavy atom. The molecular formula is C23H22IO2+. The van der Waals surface area contributed by atoms with E-state index in [1.165, 1.54) is 12.7 Å². The Kier molecular flexibility index (Phi) is 6.45. The molecule has 0 aromatic heterocycles. The van der Waals surface area contributed by atoms with Gasteiger partial charge in [-0.3, -0.25) is 0 Å². The largest absolute Gasteiger partial charge is 0.423 e. The van der Waals surface area contributed by atoms with Crippen molar-refractivity contribution < 1.29 is 30.7 Å². The molecule has 0 aliphatic carbocycles. The van der Waals surface area contributed by atoms with Crippen molar-refractivity contribution in [1.82, 2.24) is 0 Å². The van der Waals surface area contributed by atoms with Gasteiger partial charge in [-0.15, -0.1) is 0 Å². The molecule has 3 aromatic rings. The average Bonchev–Trinajstić information content (AvgIpc) is 2.70. The van der Waals surface area contributed by atoms with E-state index in [-0.39, 0.29) is 27.2 Å². The van der Waals surface area contributed by atoms with Crippen LogP contribution in [0, 0.1) is 7.14 Å². The Balaban J connectivity index is 1.62. The first kappa shape index (κ1) is 18.6. The van der Waals surface area contributed by atoms with Crippen LogP contribution in [0.15, 0.2) is 78.9 Å². The van der Waals surface area contributed by atoms with Crippen LogP contribution < -0.4 is 25.9 Å². The van der Waals surface area contributed by atoms with Gasteiger partial charge in [-0.05, 0) is 66.4 Å². The Morgan fingerprint density at radius 1 is 0.885 bits per heavy atom. The molecular weight excluding hydrogens is 435 g/mol. The van der Waals surface area contributed by atoms with Crippen molar-refractivity contribution in [2.75, 3.05) is 0 Å². The lowest BCUT2D eigenvalue weighted by Crippen LogP contribution is -3.61. The first-order valence-electron chi connectivity index (χ1n) is 8.78. The number of ether oxygens (including phenoxy) is 1. The van der Waals surface area contributed by atoms with Crippen molar-refractivity contribution in [2.24, 2.45) is 0 Å². The molecule has 3 heteroatoms. The zero-order chi connectivity index (χ0) is 18.4. The van der Waals surface area contributed by atoms with Crippen LogP contribution in [0.5, 0.6) is 5.75 Å². The molecule has 3 aromatic carbocycles. The summed E-state index contributed by atoms with van der Waals surface area (Å²) in [6.07, 6.45) is 1.09. The molecule has 26 heavy (non-hydrogen) atoms. The molecule has 1 atom stereocenters. The highest BCUT2D eigenvalue weighted by molar-refractivity contribution is 5.91. The topological polar surface area (TPSA) is 26.3 Å². The van der Waals surface area contributed by atoms with Crippen LogP contribution in [0.3, 0.4) is 0 Å². The third-order valence-electron chi connectivity index (χ3n) is 4.30. The van der Waals surface area contributed by atoms with Gasteiger partial charge in [0.25, 0.3) is 0 Å². The predicted octanol–water partition coefficient (Wildman–Crippen LogP) is 2.55. The minimum Gasteiger partial charge on any atom is -0.423 e. The highest BCUT2D eigenvalue weighted by Gasteiger charge is 2.15. The number of halogens is 1. The van der Waals surface area contributed by atoms with Crippen LogP contribution in [0.1, 0.15) is 42.1 Å². The normalized spacial score (nSPS) is 11.8. The van der Waals surface area contributed by atoms with Gasteiger partial charge in [0.1, 0.15) is 5.75 Å². The highest BCUT2D eigenvalue weighted by atomic mass is 127. The van der Waals surface area contributed by atoms with E-state index in [1.54, 1.807) is 0 Å².